The van der Waals surface area contributed by atoms with Gasteiger partial charge < -0.3 is 88.7 Å². The molecule has 450 valence electrons. The molecule has 0 fully saturated rings. The summed E-state index contributed by atoms with van der Waals surface area (Å²) in [7, 11) is 0. The highest BCUT2D eigenvalue weighted by molar-refractivity contribution is 5.96. The molecule has 5 rings (SSSR count). The number of aromatic nitrogens is 4. The molecule has 0 unspecified atom stereocenters. The van der Waals surface area contributed by atoms with Gasteiger partial charge in [-0.15, -0.1) is 0 Å². The Hall–Kier alpha value is -4.04. The first-order valence-electron chi connectivity index (χ1n) is 29.2. The van der Waals surface area contributed by atoms with Crippen molar-refractivity contribution < 1.29 is 78.7 Å². The summed E-state index contributed by atoms with van der Waals surface area (Å²) in [6.45, 7) is 4.90. The molecular weight excluding hydrogens is 1030 g/mol. The summed E-state index contributed by atoms with van der Waals surface area (Å²) in [6.07, 6.45) is 10.6. The number of allylic oxidation sites excluding steroid dienone is 4. The van der Waals surface area contributed by atoms with E-state index in [2.05, 4.69) is 34.2 Å². The van der Waals surface area contributed by atoms with E-state index in [4.69, 9.17) is 47.9 Å². The monoisotopic (exact) mass is 1130 g/mol. The van der Waals surface area contributed by atoms with Crippen LogP contribution in [0.2, 0.25) is 0 Å². The van der Waals surface area contributed by atoms with Gasteiger partial charge in [-0.3, -0.25) is 0 Å². The highest BCUT2D eigenvalue weighted by Crippen LogP contribution is 2.41. The maximum Gasteiger partial charge on any atom is 0.0697 e. The van der Waals surface area contributed by atoms with Gasteiger partial charge in [0.1, 0.15) is 0 Å². The molecule has 0 aliphatic carbocycles. The van der Waals surface area contributed by atoms with Crippen molar-refractivity contribution in [2.45, 2.75) is 103 Å². The lowest BCUT2D eigenvalue weighted by molar-refractivity contribution is 0.0903. The number of rotatable bonds is 48. The Morgan fingerprint density at radius 2 is 0.425 bits per heavy atom. The van der Waals surface area contributed by atoms with E-state index in [1.165, 1.54) is 0 Å². The van der Waals surface area contributed by atoms with Crippen molar-refractivity contribution in [3.8, 4) is 0 Å². The number of hydrogen-bond donors (Lipinski definition) is 10. The minimum absolute atomic E-state index is 0.0708. The molecule has 10 N–H and O–H groups in total. The van der Waals surface area contributed by atoms with Gasteiger partial charge in [-0.2, -0.15) is 0 Å². The van der Waals surface area contributed by atoms with Gasteiger partial charge in [-0.1, -0.05) is 0 Å². The average molecular weight is 1130 g/mol. The maximum atomic E-state index is 9.56. The second kappa shape index (κ2) is 41.0. The highest BCUT2D eigenvalue weighted by atomic mass is 16.5. The summed E-state index contributed by atoms with van der Waals surface area (Å²) in [5.41, 5.74) is 15.5. The van der Waals surface area contributed by atoms with Crippen molar-refractivity contribution in [2.75, 3.05) is 159 Å². The Bertz CT molecular complexity index is 2100. The van der Waals surface area contributed by atoms with Crippen LogP contribution in [0.5, 0.6) is 0 Å². The van der Waals surface area contributed by atoms with Gasteiger partial charge in [0.05, 0.1) is 128 Å². The van der Waals surface area contributed by atoms with Crippen LogP contribution < -0.4 is 0 Å². The molecule has 80 heavy (non-hydrogen) atoms. The number of H-pyrrole nitrogens is 2. The Labute approximate surface area is 472 Å². The van der Waals surface area contributed by atoms with E-state index in [0.717, 1.165) is 89.4 Å². The summed E-state index contributed by atoms with van der Waals surface area (Å²) in [6, 6.07) is 8.66. The second-order valence-corrected chi connectivity index (χ2v) is 19.6. The molecule has 5 heterocycles. The van der Waals surface area contributed by atoms with Crippen LogP contribution >= 0.6 is 0 Å². The number of nitrogens with one attached hydrogen (secondary N) is 2. The van der Waals surface area contributed by atoms with Gasteiger partial charge in [0.25, 0.3) is 0 Å². The third-order valence-electron chi connectivity index (χ3n) is 13.7. The summed E-state index contributed by atoms with van der Waals surface area (Å²) >= 11 is 0. The lowest BCUT2D eigenvalue weighted by atomic mass is 9.95. The van der Waals surface area contributed by atoms with Crippen LogP contribution in [0.15, 0.2) is 24.3 Å². The maximum absolute atomic E-state index is 9.56. The molecule has 0 saturated carbocycles. The third kappa shape index (κ3) is 22.6. The van der Waals surface area contributed by atoms with E-state index < -0.39 is 0 Å². The van der Waals surface area contributed by atoms with Crippen LogP contribution in [-0.2, 0) is 63.6 Å². The molecule has 0 spiro atoms. The number of hydrogen-bond acceptors (Lipinski definition) is 18. The Morgan fingerprint density at radius 1 is 0.250 bits per heavy atom. The van der Waals surface area contributed by atoms with Gasteiger partial charge in [0.2, 0.25) is 0 Å². The van der Waals surface area contributed by atoms with Crippen LogP contribution in [0.4, 0.5) is 0 Å². The predicted octanol–water partition coefficient (Wildman–Crippen LogP) is 5.06. The molecule has 2 aliphatic heterocycles. The van der Waals surface area contributed by atoms with Crippen LogP contribution in [-0.4, -0.2) is 219 Å². The number of ether oxygens (including phenoxy) is 8. The van der Waals surface area contributed by atoms with E-state index in [9.17, 15) is 40.9 Å². The molecule has 0 atom stereocenters. The zero-order valence-electron chi connectivity index (χ0n) is 47.3. The summed E-state index contributed by atoms with van der Waals surface area (Å²) in [4.78, 5) is 18.9. The molecule has 0 amide bonds. The van der Waals surface area contributed by atoms with Crippen molar-refractivity contribution in [1.29, 1.82) is 0 Å². The van der Waals surface area contributed by atoms with E-state index in [1.54, 1.807) is 0 Å². The zero-order valence-corrected chi connectivity index (χ0v) is 47.3. The first-order valence-corrected chi connectivity index (χ1v) is 29.2. The Balaban J connectivity index is 1.94. The predicted molar refractivity (Wildman–Crippen MR) is 308 cm³/mol. The third-order valence-corrected chi connectivity index (χ3v) is 13.7. The molecule has 3 aromatic rings. The minimum Gasteiger partial charge on any atom is -0.394 e. The van der Waals surface area contributed by atoms with Crippen LogP contribution in [0.25, 0.3) is 44.4 Å². The molecule has 0 aromatic carbocycles. The number of aromatic amines is 2. The summed E-state index contributed by atoms with van der Waals surface area (Å²) < 4.78 is 46.5. The lowest BCUT2D eigenvalue weighted by Gasteiger charge is -2.10. The lowest BCUT2D eigenvalue weighted by Crippen LogP contribution is -2.04. The average Bonchev–Trinajstić information content (AvgIpc) is 4.22. The molecular formula is C60H94N4O16. The van der Waals surface area contributed by atoms with Gasteiger partial charge in [-0.25, -0.2) is 9.97 Å². The van der Waals surface area contributed by atoms with E-state index >= 15 is 0 Å². The van der Waals surface area contributed by atoms with E-state index in [1.807, 2.05) is 0 Å². The topological polar surface area (TPSA) is 293 Å². The molecule has 0 saturated heterocycles. The standard InChI is InChI=1S/C60H94N4O16/c65-17-33-73-25-1-9-45-46(10-2-26-74-34-18-66)54-42-56-49(13-5-29-77-37-21-69)50(14-6-30-78-38-22-70)58(63-56)44-60-52(16-8-32-80-40-24-72)51(15-7-31-79-39-23-71)59(64-60)43-57-48(12-4-28-76-36-20-68)47(11-3-27-75-35-19-67)55(62-57)41-53(45)61-54/h41-44,61,64-72H,1-40H2. The smallest absolute Gasteiger partial charge is 0.0697 e. The summed E-state index contributed by atoms with van der Waals surface area (Å²) in [5, 5.41) is 76.5. The van der Waals surface area contributed by atoms with Crippen molar-refractivity contribution in [1.82, 2.24) is 19.9 Å². The molecule has 2 aliphatic rings. The fourth-order valence-electron chi connectivity index (χ4n) is 10.3. The molecule has 0 radical (unpaired) electrons. The normalized spacial score (nSPS) is 12.8. The van der Waals surface area contributed by atoms with Gasteiger partial charge in [0, 0.05) is 74.9 Å². The first kappa shape index (κ1) is 66.8. The van der Waals surface area contributed by atoms with Crippen molar-refractivity contribution in [3.05, 3.63) is 69.3 Å². The largest absolute Gasteiger partial charge is 0.394 e. The van der Waals surface area contributed by atoms with Crippen LogP contribution in [0.1, 0.15) is 122 Å². The quantitative estimate of drug-likeness (QED) is 0.0331. The fraction of sp³-hybridized carbons (Fsp3) is 0.667. The SMILES string of the molecule is OCCOCCCC1=C(CCCOCCO)c2cc3[nH]c(cc4nc(cc5[nH]c(cc1n2)c(CCCOCCO)c5CCCOCCO)C(CCCOCCO)=C4CCCOCCO)c(CCCOCCO)c3CCCOCCO. The number of nitrogens with zero attached hydrogens (tertiary/aromatic N) is 2. The number of fused-ring (bicyclic) bond motifs is 8. The molecule has 20 heteroatoms. The Kier molecular flexibility index (Phi) is 34.2. The molecule has 8 bridgehead atoms. The summed E-state index contributed by atoms with van der Waals surface area (Å²) in [5.74, 6) is 0. The first-order chi connectivity index (χ1) is 39.5. The molecule has 3 aromatic heterocycles. The number of aliphatic hydroxyl groups excluding tert-OH is 8. The van der Waals surface area contributed by atoms with Crippen LogP contribution in [0.3, 0.4) is 0 Å². The minimum atomic E-state index is -0.0716. The van der Waals surface area contributed by atoms with E-state index in [0.29, 0.717) is 156 Å². The fourth-order valence-corrected chi connectivity index (χ4v) is 10.3. The highest BCUT2D eigenvalue weighted by Gasteiger charge is 2.25. The molecule has 20 nitrogen and oxygen atoms in total. The number of aliphatic hydroxyl groups is 8. The zero-order chi connectivity index (χ0) is 56.8. The van der Waals surface area contributed by atoms with Gasteiger partial charge >= 0.3 is 0 Å². The number of aryl methyl sites for hydroxylation is 4. The van der Waals surface area contributed by atoms with Crippen molar-refractivity contribution >= 4 is 44.4 Å². The van der Waals surface area contributed by atoms with E-state index in [-0.39, 0.29) is 106 Å². The second-order valence-electron chi connectivity index (χ2n) is 19.6. The van der Waals surface area contributed by atoms with Gasteiger partial charge in [0.15, 0.2) is 0 Å². The van der Waals surface area contributed by atoms with Gasteiger partial charge in [-0.05, 0) is 172 Å². The van der Waals surface area contributed by atoms with Crippen molar-refractivity contribution in [2.24, 2.45) is 0 Å². The Morgan fingerprint density at radius 3 is 0.600 bits per heavy atom. The van der Waals surface area contributed by atoms with Crippen molar-refractivity contribution in [3.63, 3.8) is 0 Å². The van der Waals surface area contributed by atoms with Crippen LogP contribution in [0, 0.1) is 0 Å².